The molecule has 0 bridgehead atoms. The highest BCUT2D eigenvalue weighted by atomic mass is 16.6. The van der Waals surface area contributed by atoms with Gasteiger partial charge in [-0.1, -0.05) is 6.42 Å². The van der Waals surface area contributed by atoms with Crippen LogP contribution in [0.4, 0.5) is 0 Å². The summed E-state index contributed by atoms with van der Waals surface area (Å²) >= 11 is 0. The zero-order valence-corrected chi connectivity index (χ0v) is 44.0. The Kier molecular flexibility index (Phi) is 18.8. The summed E-state index contributed by atoms with van der Waals surface area (Å²) in [6.45, 7) is 3.78. The summed E-state index contributed by atoms with van der Waals surface area (Å²) in [6, 6.07) is 16.1. The minimum atomic E-state index is -0.239. The number of benzene rings is 4. The fourth-order valence-corrected chi connectivity index (χ4v) is 10.7. The molecule has 388 valence electrons. The van der Waals surface area contributed by atoms with Crippen molar-refractivity contribution in [3.05, 3.63) is 81.9 Å². The number of fused-ring (bicyclic) bond motifs is 2. The zero-order valence-electron chi connectivity index (χ0n) is 44.0. The summed E-state index contributed by atoms with van der Waals surface area (Å²) in [5.41, 5.74) is 6.61. The summed E-state index contributed by atoms with van der Waals surface area (Å²) in [5, 5.41) is 0. The molecule has 4 aromatic carbocycles. The van der Waals surface area contributed by atoms with E-state index in [1.165, 1.54) is 11.1 Å². The highest BCUT2D eigenvalue weighted by Gasteiger charge is 2.43. The van der Waals surface area contributed by atoms with E-state index in [1.807, 2.05) is 24.3 Å². The Labute approximate surface area is 420 Å². The minimum absolute atomic E-state index is 0.115. The average molecular weight is 989 g/mol. The number of carbonyl (C=O) groups excluding carboxylic acids is 2. The number of esters is 2. The molecule has 4 aromatic rings. The van der Waals surface area contributed by atoms with Crippen LogP contribution in [0.25, 0.3) is 0 Å². The van der Waals surface area contributed by atoms with E-state index < -0.39 is 0 Å². The van der Waals surface area contributed by atoms with Gasteiger partial charge in [0.15, 0.2) is 46.0 Å². The van der Waals surface area contributed by atoms with Crippen LogP contribution in [0, 0.1) is 0 Å². The molecule has 0 aliphatic carbocycles. The van der Waals surface area contributed by atoms with E-state index in [0.717, 1.165) is 61.3 Å². The molecular formula is C55H76N2O14+2. The van der Waals surface area contributed by atoms with E-state index in [-0.39, 0.29) is 36.9 Å². The number of carbonyl (C=O) groups is 2. The van der Waals surface area contributed by atoms with E-state index >= 15 is 0 Å². The number of hydrogen-bond donors (Lipinski definition) is 0. The van der Waals surface area contributed by atoms with E-state index in [1.54, 1.807) is 71.1 Å². The predicted molar refractivity (Wildman–Crippen MR) is 268 cm³/mol. The molecule has 0 saturated heterocycles. The molecule has 2 heterocycles. The smallest absolute Gasteiger partial charge is 0.305 e. The number of likely N-dealkylation sites (N-methyl/N-ethyl adjacent to an activating group) is 2. The van der Waals surface area contributed by atoms with Crippen LogP contribution in [-0.2, 0) is 31.9 Å². The third-order valence-electron chi connectivity index (χ3n) is 14.3. The molecule has 16 nitrogen and oxygen atoms in total. The van der Waals surface area contributed by atoms with Crippen molar-refractivity contribution in [3.8, 4) is 57.5 Å². The summed E-state index contributed by atoms with van der Waals surface area (Å²) in [5.74, 6) is 5.56. The molecule has 0 amide bonds. The first-order valence-electron chi connectivity index (χ1n) is 24.4. The monoisotopic (exact) mass is 989 g/mol. The fraction of sp³-hybridized carbons (Fsp3) is 0.527. The van der Waals surface area contributed by atoms with Crippen LogP contribution in [0.5, 0.6) is 57.5 Å². The molecule has 0 N–H and O–H groups in total. The Morgan fingerprint density at radius 3 is 1.06 bits per heavy atom. The van der Waals surface area contributed by atoms with Crippen LogP contribution >= 0.6 is 0 Å². The van der Waals surface area contributed by atoms with Crippen molar-refractivity contribution < 1.29 is 75.4 Å². The third-order valence-corrected chi connectivity index (χ3v) is 14.3. The van der Waals surface area contributed by atoms with Crippen molar-refractivity contribution in [3.63, 3.8) is 0 Å². The van der Waals surface area contributed by atoms with Crippen molar-refractivity contribution in [1.82, 2.24) is 0 Å². The van der Waals surface area contributed by atoms with Crippen LogP contribution in [-0.4, -0.2) is 145 Å². The van der Waals surface area contributed by atoms with Crippen LogP contribution in [0.1, 0.15) is 90.4 Å². The summed E-state index contributed by atoms with van der Waals surface area (Å²) in [6.07, 6.45) is 5.54. The molecule has 71 heavy (non-hydrogen) atoms. The Hall–Kier alpha value is -6.26. The first-order chi connectivity index (χ1) is 34.3. The second-order valence-corrected chi connectivity index (χ2v) is 18.6. The number of quaternary nitrogens is 2. The van der Waals surface area contributed by atoms with Crippen molar-refractivity contribution in [2.45, 2.75) is 69.9 Å². The molecular weight excluding hydrogens is 913 g/mol. The lowest BCUT2D eigenvalue weighted by atomic mass is 9.85. The normalized spacial score (nSPS) is 19.0. The predicted octanol–water partition coefficient (Wildman–Crippen LogP) is 8.47. The van der Waals surface area contributed by atoms with Gasteiger partial charge in [0, 0.05) is 60.8 Å². The Bertz CT molecular complexity index is 2240. The van der Waals surface area contributed by atoms with Gasteiger partial charge in [-0.15, -0.1) is 0 Å². The molecule has 0 aromatic heterocycles. The lowest BCUT2D eigenvalue weighted by molar-refractivity contribution is -0.935. The van der Waals surface area contributed by atoms with Crippen LogP contribution in [0.2, 0.25) is 0 Å². The average Bonchev–Trinajstić information content (AvgIpc) is 3.39. The molecule has 4 atom stereocenters. The van der Waals surface area contributed by atoms with Crippen molar-refractivity contribution in [2.75, 3.05) is 125 Å². The zero-order chi connectivity index (χ0) is 51.3. The highest BCUT2D eigenvalue weighted by Crippen LogP contribution is 2.50. The molecule has 16 heteroatoms. The molecule has 0 spiro atoms. The molecule has 0 unspecified atom stereocenters. The second-order valence-electron chi connectivity index (χ2n) is 18.6. The van der Waals surface area contributed by atoms with Gasteiger partial charge in [0.25, 0.3) is 0 Å². The molecule has 2 aliphatic rings. The Balaban J connectivity index is 0.985. The Morgan fingerprint density at radius 2 is 0.746 bits per heavy atom. The summed E-state index contributed by atoms with van der Waals surface area (Å²) in [7, 11) is 20.7. The van der Waals surface area contributed by atoms with Gasteiger partial charge in [-0.25, -0.2) is 0 Å². The molecule has 6 rings (SSSR count). The molecule has 0 radical (unpaired) electrons. The molecule has 0 saturated carbocycles. The number of rotatable bonds is 26. The van der Waals surface area contributed by atoms with Crippen molar-refractivity contribution in [1.29, 1.82) is 0 Å². The van der Waals surface area contributed by atoms with Crippen molar-refractivity contribution in [2.24, 2.45) is 0 Å². The standard InChI is InChI=1S/C55H76N2O14/c1-56(24-20-36-28-42(60-3)44(62-5)34-40(36)52(56)38-30-46(64-7)54(68-11)47(31-38)65-8)22-16-26-70-50(58)18-14-13-15-19-51(59)71-27-17-23-57(2)25-21-37-29-43(61-4)45(63-6)35-41(37)53(57)39-32-48(66-9)55(69-12)49(33-39)67-10/h28-35,52-53H,13-27H2,1-12H3/q+2/t52-,53+,56-,57+. The quantitative estimate of drug-likeness (QED) is 0.0337. The topological polar surface area (TPSA) is 145 Å². The van der Waals surface area contributed by atoms with Crippen molar-refractivity contribution >= 4 is 11.9 Å². The van der Waals surface area contributed by atoms with Gasteiger partial charge in [-0.2, -0.15) is 0 Å². The van der Waals surface area contributed by atoms with Gasteiger partial charge in [0.1, 0.15) is 12.1 Å². The van der Waals surface area contributed by atoms with E-state index in [0.29, 0.717) is 112 Å². The number of ether oxygens (including phenoxy) is 12. The maximum atomic E-state index is 12.9. The van der Waals surface area contributed by atoms with Crippen LogP contribution in [0.15, 0.2) is 48.5 Å². The number of unbranched alkanes of at least 4 members (excludes halogenated alkanes) is 2. The van der Waals surface area contributed by atoms with Crippen LogP contribution < -0.4 is 47.4 Å². The molecule has 0 fully saturated rings. The van der Waals surface area contributed by atoms with Gasteiger partial charge in [-0.05, 0) is 72.5 Å². The summed E-state index contributed by atoms with van der Waals surface area (Å²) < 4.78 is 70.1. The lowest BCUT2D eigenvalue weighted by Gasteiger charge is -2.46. The number of nitrogens with zero attached hydrogens (tertiary/aromatic N) is 2. The minimum Gasteiger partial charge on any atom is -0.493 e. The van der Waals surface area contributed by atoms with Crippen LogP contribution in [0.3, 0.4) is 0 Å². The molecule has 2 aliphatic heterocycles. The number of hydrogen-bond acceptors (Lipinski definition) is 14. The SMILES string of the molecule is COc1cc2c(cc1OC)[C@@H](c1cc(OC)c(OC)c(OC)c1)[N@+](C)(CCCOC(=O)CCCCCC(=O)OCCC[N@@+]1(C)CCc3cc(OC)c(OC)cc3[C@@H]1c1cc(OC)c(OC)c(OC)c1)CC2. The van der Waals surface area contributed by atoms with Gasteiger partial charge < -0.3 is 65.8 Å². The largest absolute Gasteiger partial charge is 0.493 e. The third kappa shape index (κ3) is 12.1. The van der Waals surface area contributed by atoms with Gasteiger partial charge in [-0.3, -0.25) is 9.59 Å². The maximum absolute atomic E-state index is 12.9. The van der Waals surface area contributed by atoms with Gasteiger partial charge in [0.05, 0.1) is 125 Å². The van der Waals surface area contributed by atoms with E-state index in [4.69, 9.17) is 56.8 Å². The summed E-state index contributed by atoms with van der Waals surface area (Å²) in [4.78, 5) is 25.8. The van der Waals surface area contributed by atoms with E-state index in [9.17, 15) is 9.59 Å². The Morgan fingerprint density at radius 1 is 0.423 bits per heavy atom. The fourth-order valence-electron chi connectivity index (χ4n) is 10.7. The van der Waals surface area contributed by atoms with Gasteiger partial charge in [0.2, 0.25) is 11.5 Å². The number of methoxy groups -OCH3 is 10. The first kappa shape index (κ1) is 54.1. The van der Waals surface area contributed by atoms with Gasteiger partial charge >= 0.3 is 11.9 Å². The van der Waals surface area contributed by atoms with E-state index in [2.05, 4.69) is 38.4 Å². The first-order valence-corrected chi connectivity index (χ1v) is 24.4. The highest BCUT2D eigenvalue weighted by molar-refractivity contribution is 5.70. The lowest BCUT2D eigenvalue weighted by Crippen LogP contribution is -2.52. The second kappa shape index (κ2) is 24.7. The maximum Gasteiger partial charge on any atom is 0.305 e.